The summed E-state index contributed by atoms with van der Waals surface area (Å²) in [5.74, 6) is -2.09. The Balaban J connectivity index is 2.11. The molecule has 0 heterocycles. The highest BCUT2D eigenvalue weighted by molar-refractivity contribution is 6.31. The van der Waals surface area contributed by atoms with E-state index in [2.05, 4.69) is 5.32 Å². The van der Waals surface area contributed by atoms with Gasteiger partial charge in [-0.3, -0.25) is 9.59 Å². The van der Waals surface area contributed by atoms with E-state index in [1.165, 1.54) is 12.1 Å². The number of carboxylic acid groups (broad SMARTS) is 1. The van der Waals surface area contributed by atoms with Gasteiger partial charge in [0, 0.05) is 5.02 Å². The lowest BCUT2D eigenvalue weighted by molar-refractivity contribution is -0.149. The first-order valence-corrected chi connectivity index (χ1v) is 6.24. The molecule has 102 valence electrons. The number of carbonyl (C=O) groups is 2. The second-order valence-electron chi connectivity index (χ2n) is 4.75. The van der Waals surface area contributed by atoms with Crippen LogP contribution in [0, 0.1) is 11.2 Å². The molecule has 0 unspecified atom stereocenters. The van der Waals surface area contributed by atoms with Crippen LogP contribution in [0.1, 0.15) is 31.4 Å². The molecule has 19 heavy (non-hydrogen) atoms. The Bertz CT molecular complexity index is 543. The topological polar surface area (TPSA) is 66.4 Å². The van der Waals surface area contributed by atoms with Crippen LogP contribution in [-0.4, -0.2) is 17.0 Å². The molecule has 2 N–H and O–H groups in total. The third-order valence-corrected chi connectivity index (χ3v) is 3.70. The SMILES string of the molecule is C[C@H](NC(=O)C1(C(=O)O)CC1)c1ccc(F)cc1Cl. The van der Waals surface area contributed by atoms with Crippen LogP contribution in [0.3, 0.4) is 0 Å². The molecule has 2 rings (SSSR count). The Kier molecular flexibility index (Phi) is 3.49. The summed E-state index contributed by atoms with van der Waals surface area (Å²) in [4.78, 5) is 22.9. The molecule has 1 saturated carbocycles. The maximum Gasteiger partial charge on any atom is 0.319 e. The first kappa shape index (κ1) is 13.8. The maximum atomic E-state index is 12.9. The van der Waals surface area contributed by atoms with Gasteiger partial charge in [0.2, 0.25) is 5.91 Å². The van der Waals surface area contributed by atoms with Crippen LogP contribution in [-0.2, 0) is 9.59 Å². The van der Waals surface area contributed by atoms with E-state index in [-0.39, 0.29) is 5.02 Å². The molecule has 0 aliphatic heterocycles. The molecule has 0 spiro atoms. The van der Waals surface area contributed by atoms with E-state index >= 15 is 0 Å². The zero-order valence-corrected chi connectivity index (χ0v) is 11.0. The highest BCUT2D eigenvalue weighted by Crippen LogP contribution is 2.46. The van der Waals surface area contributed by atoms with Crippen LogP contribution in [0.25, 0.3) is 0 Å². The van der Waals surface area contributed by atoms with Gasteiger partial charge >= 0.3 is 5.97 Å². The summed E-state index contributed by atoms with van der Waals surface area (Å²) in [6.07, 6.45) is 0.691. The average molecular weight is 286 g/mol. The van der Waals surface area contributed by atoms with Crippen molar-refractivity contribution in [3.05, 3.63) is 34.6 Å². The second kappa shape index (κ2) is 4.81. The zero-order chi connectivity index (χ0) is 14.2. The summed E-state index contributed by atoms with van der Waals surface area (Å²) >= 11 is 5.89. The minimum atomic E-state index is -1.29. The van der Waals surface area contributed by atoms with Crippen LogP contribution in [0.4, 0.5) is 4.39 Å². The molecule has 1 amide bonds. The third-order valence-electron chi connectivity index (χ3n) is 3.37. The van der Waals surface area contributed by atoms with E-state index < -0.39 is 29.2 Å². The first-order chi connectivity index (χ1) is 8.86. The number of hydrogen-bond donors (Lipinski definition) is 2. The lowest BCUT2D eigenvalue weighted by atomic mass is 10.0. The molecule has 1 aromatic rings. The molecular formula is C13H13ClFNO3. The molecule has 1 aromatic carbocycles. The zero-order valence-electron chi connectivity index (χ0n) is 10.2. The van der Waals surface area contributed by atoms with E-state index in [0.29, 0.717) is 18.4 Å². The standard InChI is InChI=1S/C13H13ClFNO3/c1-7(9-3-2-8(15)6-10(9)14)16-11(17)13(4-5-13)12(18)19/h2-3,6-7H,4-5H2,1H3,(H,16,17)(H,18,19)/t7-/m0/s1. The number of aliphatic carboxylic acids is 1. The van der Waals surface area contributed by atoms with Crippen LogP contribution in [0.5, 0.6) is 0 Å². The number of hydrogen-bond acceptors (Lipinski definition) is 2. The predicted octanol–water partition coefficient (Wildman–Crippen LogP) is 2.52. The van der Waals surface area contributed by atoms with Crippen molar-refractivity contribution in [1.82, 2.24) is 5.32 Å². The van der Waals surface area contributed by atoms with Crippen molar-refractivity contribution in [2.45, 2.75) is 25.8 Å². The van der Waals surface area contributed by atoms with Crippen LogP contribution in [0.2, 0.25) is 5.02 Å². The van der Waals surface area contributed by atoms with Crippen molar-refractivity contribution in [3.63, 3.8) is 0 Å². The molecular weight excluding hydrogens is 273 g/mol. The summed E-state index contributed by atoms with van der Waals surface area (Å²) in [6.45, 7) is 1.68. The lowest BCUT2D eigenvalue weighted by Gasteiger charge is -2.18. The lowest BCUT2D eigenvalue weighted by Crippen LogP contribution is -2.38. The summed E-state index contributed by atoms with van der Waals surface area (Å²) in [6, 6.07) is 3.40. The average Bonchev–Trinajstić information content (AvgIpc) is 3.09. The van der Waals surface area contributed by atoms with E-state index in [9.17, 15) is 14.0 Å². The normalized spacial score (nSPS) is 17.6. The van der Waals surface area contributed by atoms with E-state index in [0.717, 1.165) is 6.07 Å². The molecule has 0 bridgehead atoms. The van der Waals surface area contributed by atoms with Crippen molar-refractivity contribution in [1.29, 1.82) is 0 Å². The van der Waals surface area contributed by atoms with Gasteiger partial charge in [0.05, 0.1) is 6.04 Å². The van der Waals surface area contributed by atoms with Crippen molar-refractivity contribution < 1.29 is 19.1 Å². The smallest absolute Gasteiger partial charge is 0.319 e. The Labute approximate surface area is 114 Å². The molecule has 1 aliphatic carbocycles. The minimum Gasteiger partial charge on any atom is -0.480 e. The molecule has 0 aromatic heterocycles. The van der Waals surface area contributed by atoms with E-state index in [4.69, 9.17) is 16.7 Å². The van der Waals surface area contributed by atoms with Gasteiger partial charge in [-0.05, 0) is 37.5 Å². The predicted molar refractivity (Wildman–Crippen MR) is 67.3 cm³/mol. The highest BCUT2D eigenvalue weighted by atomic mass is 35.5. The summed E-state index contributed by atoms with van der Waals surface area (Å²) in [5, 5.41) is 11.8. The van der Waals surface area contributed by atoms with Crippen molar-refractivity contribution >= 4 is 23.5 Å². The quantitative estimate of drug-likeness (QED) is 0.836. The maximum absolute atomic E-state index is 12.9. The van der Waals surface area contributed by atoms with Crippen LogP contribution in [0.15, 0.2) is 18.2 Å². The van der Waals surface area contributed by atoms with Gasteiger partial charge < -0.3 is 10.4 Å². The van der Waals surface area contributed by atoms with Gasteiger partial charge in [-0.15, -0.1) is 0 Å². The summed E-state index contributed by atoms with van der Waals surface area (Å²) < 4.78 is 12.9. The summed E-state index contributed by atoms with van der Waals surface area (Å²) in [5.41, 5.74) is -0.738. The van der Waals surface area contributed by atoms with Crippen molar-refractivity contribution in [2.24, 2.45) is 5.41 Å². The fourth-order valence-corrected chi connectivity index (χ4v) is 2.26. The van der Waals surface area contributed by atoms with Crippen molar-refractivity contribution in [3.8, 4) is 0 Å². The Morgan fingerprint density at radius 3 is 2.58 bits per heavy atom. The minimum absolute atomic E-state index is 0.202. The number of halogens is 2. The van der Waals surface area contributed by atoms with Gasteiger partial charge in [0.15, 0.2) is 0 Å². The Morgan fingerprint density at radius 1 is 1.47 bits per heavy atom. The monoisotopic (exact) mass is 285 g/mol. The Morgan fingerprint density at radius 2 is 2.11 bits per heavy atom. The van der Waals surface area contributed by atoms with Crippen LogP contribution >= 0.6 is 11.6 Å². The number of benzene rings is 1. The highest BCUT2D eigenvalue weighted by Gasteiger charge is 2.57. The molecule has 1 atom stereocenters. The number of carbonyl (C=O) groups excluding carboxylic acids is 1. The molecule has 4 nitrogen and oxygen atoms in total. The summed E-state index contributed by atoms with van der Waals surface area (Å²) in [7, 11) is 0. The van der Waals surface area contributed by atoms with Gasteiger partial charge in [0.1, 0.15) is 11.2 Å². The number of rotatable bonds is 4. The number of nitrogens with one attached hydrogen (secondary N) is 1. The molecule has 0 saturated heterocycles. The van der Waals surface area contributed by atoms with Gasteiger partial charge in [-0.1, -0.05) is 17.7 Å². The molecule has 1 aliphatic rings. The number of amides is 1. The third kappa shape index (κ3) is 2.56. The van der Waals surface area contributed by atoms with Gasteiger partial charge in [0.25, 0.3) is 0 Å². The van der Waals surface area contributed by atoms with Gasteiger partial charge in [-0.2, -0.15) is 0 Å². The largest absolute Gasteiger partial charge is 0.480 e. The van der Waals surface area contributed by atoms with Crippen LogP contribution < -0.4 is 5.32 Å². The fraction of sp³-hybridized carbons (Fsp3) is 0.385. The Hall–Kier alpha value is -1.62. The van der Waals surface area contributed by atoms with Gasteiger partial charge in [-0.25, -0.2) is 4.39 Å². The van der Waals surface area contributed by atoms with E-state index in [1.807, 2.05) is 0 Å². The molecule has 0 radical (unpaired) electrons. The first-order valence-electron chi connectivity index (χ1n) is 5.86. The van der Waals surface area contributed by atoms with E-state index in [1.54, 1.807) is 6.92 Å². The van der Waals surface area contributed by atoms with Crippen molar-refractivity contribution in [2.75, 3.05) is 0 Å². The second-order valence-corrected chi connectivity index (χ2v) is 5.16. The fourth-order valence-electron chi connectivity index (χ4n) is 1.93. The molecule has 6 heteroatoms. The number of carboxylic acids is 1. The molecule has 1 fully saturated rings.